The lowest BCUT2D eigenvalue weighted by Crippen LogP contribution is -2.26. The fourth-order valence-corrected chi connectivity index (χ4v) is 2.22. The van der Waals surface area contributed by atoms with Crippen LogP contribution in [0.15, 0.2) is 18.2 Å². The average molecular weight is 280 g/mol. The maximum atomic E-state index is 13.3. The van der Waals surface area contributed by atoms with Crippen molar-refractivity contribution in [1.29, 1.82) is 0 Å². The van der Waals surface area contributed by atoms with Crippen molar-refractivity contribution in [3.05, 3.63) is 29.8 Å². The molecule has 6 heteroatoms. The van der Waals surface area contributed by atoms with Gasteiger partial charge in [-0.1, -0.05) is 6.07 Å². The van der Waals surface area contributed by atoms with Crippen LogP contribution in [0.2, 0.25) is 0 Å². The standard InChI is InChI=1S/C11H9Cl2F2NO/c1-10(5-11(10,12)13)9(17)16-8-6(14)3-2-4-7(8)15/h2-4H,5H2,1H3,(H,16,17)/t10-/m1/s1. The molecule has 1 aromatic carbocycles. The molecule has 1 fully saturated rings. The van der Waals surface area contributed by atoms with Crippen molar-refractivity contribution >= 4 is 34.8 Å². The van der Waals surface area contributed by atoms with E-state index < -0.39 is 33.0 Å². The number of nitrogens with one attached hydrogen (secondary N) is 1. The molecule has 0 spiro atoms. The van der Waals surface area contributed by atoms with Gasteiger partial charge >= 0.3 is 0 Å². The number of alkyl halides is 2. The van der Waals surface area contributed by atoms with Gasteiger partial charge in [0.1, 0.15) is 21.7 Å². The van der Waals surface area contributed by atoms with Gasteiger partial charge < -0.3 is 5.32 Å². The molecule has 2 rings (SSSR count). The molecule has 1 atom stereocenters. The minimum Gasteiger partial charge on any atom is -0.321 e. The van der Waals surface area contributed by atoms with Gasteiger partial charge in [0.05, 0.1) is 5.41 Å². The van der Waals surface area contributed by atoms with Gasteiger partial charge in [-0.3, -0.25) is 4.79 Å². The van der Waals surface area contributed by atoms with Gasteiger partial charge in [0.2, 0.25) is 5.91 Å². The molecular weight excluding hydrogens is 271 g/mol. The predicted octanol–water partition coefficient (Wildman–Crippen LogP) is 3.49. The molecule has 92 valence electrons. The van der Waals surface area contributed by atoms with Gasteiger partial charge in [0.25, 0.3) is 0 Å². The monoisotopic (exact) mass is 279 g/mol. The summed E-state index contributed by atoms with van der Waals surface area (Å²) < 4.78 is 25.4. The van der Waals surface area contributed by atoms with Gasteiger partial charge in [-0.05, 0) is 25.5 Å². The predicted molar refractivity (Wildman–Crippen MR) is 62.1 cm³/mol. The Morgan fingerprint density at radius 2 is 1.82 bits per heavy atom. The molecule has 0 radical (unpaired) electrons. The van der Waals surface area contributed by atoms with E-state index in [1.165, 1.54) is 6.07 Å². The first-order valence-corrected chi connectivity index (χ1v) is 5.67. The van der Waals surface area contributed by atoms with E-state index >= 15 is 0 Å². The number of hydrogen-bond donors (Lipinski definition) is 1. The summed E-state index contributed by atoms with van der Waals surface area (Å²) in [6, 6.07) is 3.33. The molecule has 2 nitrogen and oxygen atoms in total. The maximum Gasteiger partial charge on any atom is 0.233 e. The van der Waals surface area contributed by atoms with Gasteiger partial charge in [0, 0.05) is 0 Å². The van der Waals surface area contributed by atoms with E-state index in [-0.39, 0.29) is 6.42 Å². The Kier molecular flexibility index (Phi) is 2.83. The summed E-state index contributed by atoms with van der Waals surface area (Å²) in [5.74, 6) is -2.26. The molecule has 1 aromatic rings. The molecule has 17 heavy (non-hydrogen) atoms. The number of carbonyl (C=O) groups excluding carboxylic acids is 1. The van der Waals surface area contributed by atoms with Crippen LogP contribution in [-0.2, 0) is 4.79 Å². The first-order valence-electron chi connectivity index (χ1n) is 4.91. The third-order valence-electron chi connectivity index (χ3n) is 2.96. The van der Waals surface area contributed by atoms with Crippen LogP contribution >= 0.6 is 23.2 Å². The first-order chi connectivity index (χ1) is 7.78. The molecular formula is C11H9Cl2F2NO. The second kappa shape index (κ2) is 3.82. The zero-order valence-electron chi connectivity index (χ0n) is 8.86. The van der Waals surface area contributed by atoms with Gasteiger partial charge in [-0.2, -0.15) is 0 Å². The maximum absolute atomic E-state index is 13.3. The van der Waals surface area contributed by atoms with Crippen LogP contribution in [-0.4, -0.2) is 10.2 Å². The Bertz CT molecular complexity index is 472. The third kappa shape index (κ3) is 2.00. The van der Waals surface area contributed by atoms with Crippen LogP contribution < -0.4 is 5.32 Å². The van der Waals surface area contributed by atoms with Crippen LogP contribution in [0.4, 0.5) is 14.5 Å². The topological polar surface area (TPSA) is 29.1 Å². The van der Waals surface area contributed by atoms with Crippen molar-refractivity contribution < 1.29 is 13.6 Å². The Labute approximate surface area is 107 Å². The highest BCUT2D eigenvalue weighted by Gasteiger charge is 2.68. The van der Waals surface area contributed by atoms with Crippen molar-refractivity contribution in [3.8, 4) is 0 Å². The lowest BCUT2D eigenvalue weighted by Gasteiger charge is -2.13. The van der Waals surface area contributed by atoms with Gasteiger partial charge in [-0.15, -0.1) is 23.2 Å². The van der Waals surface area contributed by atoms with E-state index in [0.717, 1.165) is 12.1 Å². The molecule has 0 heterocycles. The first kappa shape index (κ1) is 12.6. The summed E-state index contributed by atoms with van der Waals surface area (Å²) in [7, 11) is 0. The lowest BCUT2D eigenvalue weighted by molar-refractivity contribution is -0.120. The fraction of sp³-hybridized carbons (Fsp3) is 0.364. The molecule has 0 aliphatic heterocycles. The highest BCUT2D eigenvalue weighted by molar-refractivity contribution is 6.53. The summed E-state index contributed by atoms with van der Waals surface area (Å²) in [6.07, 6.45) is 0.255. The van der Waals surface area contributed by atoms with Crippen molar-refractivity contribution in [2.45, 2.75) is 17.7 Å². The largest absolute Gasteiger partial charge is 0.321 e. The van der Waals surface area contributed by atoms with Crippen molar-refractivity contribution in [1.82, 2.24) is 0 Å². The lowest BCUT2D eigenvalue weighted by atomic mass is 10.1. The van der Waals surface area contributed by atoms with Crippen molar-refractivity contribution in [2.75, 3.05) is 5.32 Å². The molecule has 1 aliphatic rings. The molecule has 0 saturated heterocycles. The number of benzene rings is 1. The molecule has 0 unspecified atom stereocenters. The normalized spacial score (nSPS) is 25.5. The van der Waals surface area contributed by atoms with E-state index in [0.29, 0.717) is 0 Å². The number of rotatable bonds is 2. The fourth-order valence-electron chi connectivity index (χ4n) is 1.51. The summed E-state index contributed by atoms with van der Waals surface area (Å²) >= 11 is 11.6. The van der Waals surface area contributed by atoms with Gasteiger partial charge in [-0.25, -0.2) is 8.78 Å². The van der Waals surface area contributed by atoms with Gasteiger partial charge in [0.15, 0.2) is 0 Å². The minimum atomic E-state index is -1.17. The van der Waals surface area contributed by atoms with E-state index in [2.05, 4.69) is 5.32 Å². The summed E-state index contributed by atoms with van der Waals surface area (Å²) in [5, 5.41) is 2.18. The molecule has 1 amide bonds. The average Bonchev–Trinajstić information content (AvgIpc) is 2.73. The molecule has 0 aromatic heterocycles. The third-order valence-corrected chi connectivity index (χ3v) is 4.06. The smallest absolute Gasteiger partial charge is 0.233 e. The van der Waals surface area contributed by atoms with Crippen molar-refractivity contribution in [3.63, 3.8) is 0 Å². The second-order valence-electron chi connectivity index (χ2n) is 4.26. The van der Waals surface area contributed by atoms with Crippen LogP contribution in [0.1, 0.15) is 13.3 Å². The Balaban J connectivity index is 2.21. The van der Waals surface area contributed by atoms with E-state index in [9.17, 15) is 13.6 Å². The molecule has 1 aliphatic carbocycles. The summed E-state index contributed by atoms with van der Waals surface area (Å²) in [5.41, 5.74) is -1.49. The van der Waals surface area contributed by atoms with Crippen LogP contribution in [0.3, 0.4) is 0 Å². The molecule has 1 N–H and O–H groups in total. The Morgan fingerprint density at radius 1 is 1.35 bits per heavy atom. The van der Waals surface area contributed by atoms with Crippen LogP contribution in [0, 0.1) is 17.0 Å². The van der Waals surface area contributed by atoms with Crippen molar-refractivity contribution in [2.24, 2.45) is 5.41 Å². The highest BCUT2D eigenvalue weighted by atomic mass is 35.5. The summed E-state index contributed by atoms with van der Waals surface area (Å²) in [4.78, 5) is 11.8. The van der Waals surface area contributed by atoms with Crippen LogP contribution in [0.5, 0.6) is 0 Å². The number of anilines is 1. The zero-order chi connectivity index (χ0) is 12.8. The minimum absolute atomic E-state index is 0.255. The van der Waals surface area contributed by atoms with E-state index in [1.807, 2.05) is 0 Å². The Morgan fingerprint density at radius 3 is 2.24 bits per heavy atom. The second-order valence-corrected chi connectivity index (χ2v) is 5.75. The van der Waals surface area contributed by atoms with Crippen LogP contribution in [0.25, 0.3) is 0 Å². The number of halogens is 4. The highest BCUT2D eigenvalue weighted by Crippen LogP contribution is 2.64. The Hall–Kier alpha value is -0.870. The number of carbonyl (C=O) groups is 1. The SMILES string of the molecule is C[C@]1(C(=O)Nc2c(F)cccc2F)CC1(Cl)Cl. The quantitative estimate of drug-likeness (QED) is 0.825. The molecule has 1 saturated carbocycles. The zero-order valence-corrected chi connectivity index (χ0v) is 10.4. The van der Waals surface area contributed by atoms with E-state index in [1.54, 1.807) is 6.92 Å². The summed E-state index contributed by atoms with van der Waals surface area (Å²) in [6.45, 7) is 1.54. The number of hydrogen-bond acceptors (Lipinski definition) is 1. The number of amides is 1. The van der Waals surface area contributed by atoms with E-state index in [4.69, 9.17) is 23.2 Å². The molecule has 0 bridgehead atoms. The number of para-hydroxylation sites is 1.